The molecule has 39 heavy (non-hydrogen) atoms. The lowest BCUT2D eigenvalue weighted by Crippen LogP contribution is -2.68. The smallest absolute Gasteiger partial charge is 0.261 e. The van der Waals surface area contributed by atoms with E-state index in [4.69, 9.17) is 4.43 Å². The van der Waals surface area contributed by atoms with Crippen molar-refractivity contribution < 1.29 is 9.22 Å². The Kier molecular flexibility index (Phi) is 7.03. The number of benzene rings is 2. The molecule has 0 bridgehead atoms. The lowest BCUT2D eigenvalue weighted by molar-refractivity contribution is -0.132. The van der Waals surface area contributed by atoms with Gasteiger partial charge in [-0.25, -0.2) is 0 Å². The van der Waals surface area contributed by atoms with Gasteiger partial charge in [-0.2, -0.15) is 0 Å². The van der Waals surface area contributed by atoms with Crippen molar-refractivity contribution in [2.24, 2.45) is 40.4 Å². The van der Waals surface area contributed by atoms with Crippen molar-refractivity contribution in [3.63, 3.8) is 0 Å². The van der Waals surface area contributed by atoms with Gasteiger partial charge in [0.25, 0.3) is 8.32 Å². The average Bonchev–Trinajstić information content (AvgIpc) is 3.28. The zero-order chi connectivity index (χ0) is 27.5. The number of aldehydes is 1. The molecule has 0 aliphatic heterocycles. The summed E-state index contributed by atoms with van der Waals surface area (Å²) in [5, 5.41) is 2.83. The van der Waals surface area contributed by atoms with Gasteiger partial charge in [0.05, 0.1) is 0 Å². The minimum absolute atomic E-state index is 0.0273. The quantitative estimate of drug-likeness (QED) is 0.285. The van der Waals surface area contributed by atoms with Crippen LogP contribution in [0.3, 0.4) is 0 Å². The van der Waals surface area contributed by atoms with Crippen LogP contribution in [0.5, 0.6) is 0 Å². The third-order valence-corrected chi connectivity index (χ3v) is 17.7. The van der Waals surface area contributed by atoms with Crippen LogP contribution in [0.1, 0.15) is 92.4 Å². The SMILES string of the molecule is CC(C)(C)[Si](OC1CC[C@@]2(C)C(CC[C@@H]3[C@H]2CC[C@]2(C)C(C=O)CC[C@@H]32)C1)(c1ccccc1)c1ccccc1. The summed E-state index contributed by atoms with van der Waals surface area (Å²) in [4.78, 5) is 11.9. The largest absolute Gasteiger partial charge is 0.404 e. The maximum Gasteiger partial charge on any atom is 0.261 e. The second-order valence-electron chi connectivity index (χ2n) is 15.2. The molecule has 6 rings (SSSR count). The Morgan fingerprint density at radius 2 is 1.36 bits per heavy atom. The highest BCUT2D eigenvalue weighted by Gasteiger charge is 2.61. The van der Waals surface area contributed by atoms with Crippen LogP contribution in [-0.2, 0) is 9.22 Å². The lowest BCUT2D eigenvalue weighted by Gasteiger charge is -2.61. The number of hydrogen-bond donors (Lipinski definition) is 0. The lowest BCUT2D eigenvalue weighted by atomic mass is 9.45. The Morgan fingerprint density at radius 3 is 1.95 bits per heavy atom. The zero-order valence-electron chi connectivity index (χ0n) is 25.0. The molecule has 3 unspecified atom stereocenters. The van der Waals surface area contributed by atoms with Gasteiger partial charge in [-0.05, 0) is 108 Å². The monoisotopic (exact) mass is 542 g/mol. The average molecular weight is 543 g/mol. The van der Waals surface area contributed by atoms with Crippen molar-refractivity contribution in [3.8, 4) is 0 Å². The van der Waals surface area contributed by atoms with Crippen molar-refractivity contribution in [1.82, 2.24) is 0 Å². The molecule has 0 heterocycles. The third-order valence-electron chi connectivity index (χ3n) is 12.6. The molecule has 3 heteroatoms. The van der Waals surface area contributed by atoms with Gasteiger partial charge in [0, 0.05) is 12.0 Å². The molecule has 2 aromatic rings. The van der Waals surface area contributed by atoms with Crippen molar-refractivity contribution in [3.05, 3.63) is 60.7 Å². The molecule has 0 N–H and O–H groups in total. The third kappa shape index (κ3) is 4.24. The summed E-state index contributed by atoms with van der Waals surface area (Å²) in [6.07, 6.45) is 13.0. The van der Waals surface area contributed by atoms with Crippen LogP contribution in [0.15, 0.2) is 60.7 Å². The molecule has 2 aromatic carbocycles. The van der Waals surface area contributed by atoms with Crippen LogP contribution in [0.4, 0.5) is 0 Å². The summed E-state index contributed by atoms with van der Waals surface area (Å²) < 4.78 is 7.66. The van der Waals surface area contributed by atoms with Crippen LogP contribution in [0, 0.1) is 40.4 Å². The molecule has 210 valence electrons. The fourth-order valence-electron chi connectivity index (χ4n) is 10.5. The van der Waals surface area contributed by atoms with Crippen LogP contribution in [0.2, 0.25) is 5.04 Å². The Morgan fingerprint density at radius 1 is 0.769 bits per heavy atom. The van der Waals surface area contributed by atoms with E-state index in [9.17, 15) is 4.79 Å². The van der Waals surface area contributed by atoms with Gasteiger partial charge in [0.15, 0.2) is 0 Å². The van der Waals surface area contributed by atoms with E-state index in [2.05, 4.69) is 95.3 Å². The van der Waals surface area contributed by atoms with Crippen LogP contribution in [-0.4, -0.2) is 20.7 Å². The maximum absolute atomic E-state index is 11.9. The summed E-state index contributed by atoms with van der Waals surface area (Å²) in [6, 6.07) is 22.4. The Labute approximate surface area is 238 Å². The second kappa shape index (κ2) is 9.98. The highest BCUT2D eigenvalue weighted by molar-refractivity contribution is 6.99. The van der Waals surface area contributed by atoms with Crippen molar-refractivity contribution >= 4 is 25.0 Å². The van der Waals surface area contributed by atoms with E-state index in [0.717, 1.165) is 30.1 Å². The molecule has 4 fully saturated rings. The molecular formula is C36H50O2Si. The second-order valence-corrected chi connectivity index (χ2v) is 19.5. The van der Waals surface area contributed by atoms with E-state index in [0.29, 0.717) is 17.4 Å². The van der Waals surface area contributed by atoms with Crippen molar-refractivity contribution in [2.75, 3.05) is 0 Å². The number of carbonyl (C=O) groups is 1. The minimum Gasteiger partial charge on any atom is -0.404 e. The van der Waals surface area contributed by atoms with Gasteiger partial charge >= 0.3 is 0 Å². The first-order valence-electron chi connectivity index (χ1n) is 15.9. The highest BCUT2D eigenvalue weighted by atomic mass is 28.4. The number of hydrogen-bond acceptors (Lipinski definition) is 2. The molecule has 0 spiro atoms. The number of carbonyl (C=O) groups excluding carboxylic acids is 1. The molecule has 4 aliphatic rings. The van der Waals surface area contributed by atoms with E-state index in [-0.39, 0.29) is 10.5 Å². The summed E-state index contributed by atoms with van der Waals surface area (Å²) in [5.41, 5.74) is 0.685. The van der Waals surface area contributed by atoms with Crippen molar-refractivity contribution in [2.45, 2.75) is 104 Å². The number of rotatable bonds is 5. The first-order chi connectivity index (χ1) is 18.6. The standard InChI is InChI=1S/C36H50O2Si/c1-34(2,3)39(29-12-8-6-9-13-29,30-14-10-7-11-15-30)38-28-20-22-35(4)26(24-28)16-18-31-32-19-17-27(25-37)36(32,5)23-21-33(31)35/h6-15,25-28,31-33H,16-24H2,1-5H3/t26?,27?,28?,31-,32-,33+,35-,36+/m0/s1. The predicted molar refractivity (Wildman–Crippen MR) is 164 cm³/mol. The Bertz CT molecular complexity index is 1120. The normalized spacial score (nSPS) is 38.4. The molecular weight excluding hydrogens is 492 g/mol. The van der Waals surface area contributed by atoms with Crippen LogP contribution >= 0.6 is 0 Å². The topological polar surface area (TPSA) is 26.3 Å². The first-order valence-corrected chi connectivity index (χ1v) is 17.8. The van der Waals surface area contributed by atoms with E-state index >= 15 is 0 Å². The minimum atomic E-state index is -2.52. The molecule has 0 radical (unpaired) electrons. The van der Waals surface area contributed by atoms with E-state index in [1.165, 1.54) is 68.0 Å². The molecule has 0 saturated heterocycles. The zero-order valence-corrected chi connectivity index (χ0v) is 26.0. The van der Waals surface area contributed by atoms with Gasteiger partial charge in [-0.1, -0.05) is 95.3 Å². The highest BCUT2D eigenvalue weighted by Crippen LogP contribution is 2.67. The summed E-state index contributed by atoms with van der Waals surface area (Å²) in [6.45, 7) is 12.3. The van der Waals surface area contributed by atoms with Crippen LogP contribution in [0.25, 0.3) is 0 Å². The summed E-state index contributed by atoms with van der Waals surface area (Å²) >= 11 is 0. The molecule has 8 atom stereocenters. The molecule has 0 amide bonds. The van der Waals surface area contributed by atoms with Gasteiger partial charge in [0.2, 0.25) is 0 Å². The van der Waals surface area contributed by atoms with Crippen molar-refractivity contribution in [1.29, 1.82) is 0 Å². The molecule has 4 saturated carbocycles. The predicted octanol–water partition coefficient (Wildman–Crippen LogP) is 7.79. The molecule has 2 nitrogen and oxygen atoms in total. The fourth-order valence-corrected chi connectivity index (χ4v) is 15.3. The Balaban J connectivity index is 1.28. The molecule has 4 aliphatic carbocycles. The first kappa shape index (κ1) is 27.5. The number of fused-ring (bicyclic) bond motifs is 5. The summed E-state index contributed by atoms with van der Waals surface area (Å²) in [7, 11) is -2.52. The van der Waals surface area contributed by atoms with E-state index in [1.54, 1.807) is 0 Å². The van der Waals surface area contributed by atoms with E-state index < -0.39 is 8.32 Å². The summed E-state index contributed by atoms with van der Waals surface area (Å²) in [5.74, 6) is 3.46. The Hall–Kier alpha value is -1.71. The molecule has 0 aromatic heterocycles. The van der Waals surface area contributed by atoms with Gasteiger partial charge in [-0.3, -0.25) is 0 Å². The van der Waals surface area contributed by atoms with E-state index in [1.807, 2.05) is 0 Å². The van der Waals surface area contributed by atoms with Crippen LogP contribution < -0.4 is 10.4 Å². The maximum atomic E-state index is 11.9. The van der Waals surface area contributed by atoms with Gasteiger partial charge in [0.1, 0.15) is 6.29 Å². The fraction of sp³-hybridized carbons (Fsp3) is 0.639. The van der Waals surface area contributed by atoms with Gasteiger partial charge < -0.3 is 9.22 Å². The van der Waals surface area contributed by atoms with Gasteiger partial charge in [-0.15, -0.1) is 0 Å².